The molecule has 3 atom stereocenters. The first-order valence-corrected chi connectivity index (χ1v) is 8.33. The molecule has 0 bridgehead atoms. The van der Waals surface area contributed by atoms with E-state index in [0.29, 0.717) is 5.69 Å². The summed E-state index contributed by atoms with van der Waals surface area (Å²) >= 11 is 3.92. The molecular weight excluding hydrogens is 364 g/mol. The van der Waals surface area contributed by atoms with Crippen LogP contribution in [0.1, 0.15) is 18.5 Å². The lowest BCUT2D eigenvalue weighted by molar-refractivity contribution is -0.142. The van der Waals surface area contributed by atoms with E-state index in [9.17, 15) is 24.3 Å². The van der Waals surface area contributed by atoms with Crippen molar-refractivity contribution in [1.29, 1.82) is 0 Å². The van der Waals surface area contributed by atoms with Crippen LogP contribution in [0.3, 0.4) is 0 Å². The van der Waals surface area contributed by atoms with Crippen molar-refractivity contribution in [2.45, 2.75) is 37.4 Å². The first-order valence-electron chi connectivity index (χ1n) is 7.70. The Labute approximate surface area is 154 Å². The van der Waals surface area contributed by atoms with Crippen LogP contribution in [0.4, 0.5) is 0 Å². The molecule has 0 fully saturated rings. The van der Waals surface area contributed by atoms with Crippen LogP contribution in [0.15, 0.2) is 12.5 Å². The minimum atomic E-state index is -1.32. The molecule has 0 spiro atoms. The van der Waals surface area contributed by atoms with E-state index in [1.54, 1.807) is 0 Å². The van der Waals surface area contributed by atoms with Gasteiger partial charge in [-0.25, -0.2) is 9.78 Å². The number of thiol groups is 1. The van der Waals surface area contributed by atoms with E-state index in [0.717, 1.165) is 0 Å². The molecule has 1 aromatic rings. The summed E-state index contributed by atoms with van der Waals surface area (Å²) in [7, 11) is 0. The second kappa shape index (κ2) is 10.4. The Kier molecular flexibility index (Phi) is 8.58. The van der Waals surface area contributed by atoms with E-state index < -0.39 is 41.8 Å². The number of nitrogens with one attached hydrogen (secondary N) is 3. The Balaban J connectivity index is 2.85. The van der Waals surface area contributed by atoms with E-state index in [1.807, 2.05) is 0 Å². The third kappa shape index (κ3) is 7.11. The number of carboxylic acids is 1. The van der Waals surface area contributed by atoms with Gasteiger partial charge in [0, 0.05) is 30.5 Å². The second-order valence-corrected chi connectivity index (χ2v) is 5.90. The zero-order chi connectivity index (χ0) is 19.7. The molecule has 0 aromatic carbocycles. The van der Waals surface area contributed by atoms with Gasteiger partial charge in [-0.1, -0.05) is 0 Å². The van der Waals surface area contributed by atoms with Crippen molar-refractivity contribution in [2.24, 2.45) is 11.5 Å². The number of aliphatic carboxylic acids is 1. The number of carboxylic acid groups (broad SMARTS) is 1. The SMILES string of the molecule is NC(=O)CCC(NC(=O)C(Cc1cnc[nH]1)NC(=O)C(N)CS)C(=O)O. The van der Waals surface area contributed by atoms with Crippen LogP contribution < -0.4 is 22.1 Å². The predicted octanol–water partition coefficient (Wildman–Crippen LogP) is -2.47. The summed E-state index contributed by atoms with van der Waals surface area (Å²) in [5, 5.41) is 13.9. The zero-order valence-electron chi connectivity index (χ0n) is 13.8. The van der Waals surface area contributed by atoms with Crippen molar-refractivity contribution < 1.29 is 24.3 Å². The standard InChI is InChI=1S/C14H22N6O5S/c15-8(5-26)12(22)20-10(3-7-4-17-6-18-7)13(23)19-9(14(24)25)1-2-11(16)21/h4,6,8-10,26H,1-3,5,15H2,(H2,16,21)(H,17,18)(H,19,23)(H,20,22)(H,24,25). The van der Waals surface area contributed by atoms with Crippen LogP contribution in [0.5, 0.6) is 0 Å². The van der Waals surface area contributed by atoms with Crippen LogP contribution in [0.2, 0.25) is 0 Å². The lowest BCUT2D eigenvalue weighted by Crippen LogP contribution is -2.55. The molecule has 3 amide bonds. The van der Waals surface area contributed by atoms with Gasteiger partial charge < -0.3 is 32.2 Å². The number of hydrogen-bond acceptors (Lipinski definition) is 7. The third-order valence-corrected chi connectivity index (χ3v) is 3.83. The van der Waals surface area contributed by atoms with Gasteiger partial charge in [-0.3, -0.25) is 14.4 Å². The monoisotopic (exact) mass is 386 g/mol. The Morgan fingerprint density at radius 3 is 2.38 bits per heavy atom. The fourth-order valence-electron chi connectivity index (χ4n) is 2.00. The quantitative estimate of drug-likeness (QED) is 0.205. The molecule has 0 aliphatic rings. The Morgan fingerprint density at radius 1 is 1.23 bits per heavy atom. The molecule has 1 heterocycles. The van der Waals surface area contributed by atoms with Gasteiger partial charge in [-0.2, -0.15) is 12.6 Å². The number of aromatic amines is 1. The summed E-state index contributed by atoms with van der Waals surface area (Å²) < 4.78 is 0. The van der Waals surface area contributed by atoms with Gasteiger partial charge in [0.15, 0.2) is 0 Å². The summed E-state index contributed by atoms with van der Waals surface area (Å²) in [6.07, 6.45) is 2.53. The second-order valence-electron chi connectivity index (χ2n) is 5.54. The average molecular weight is 386 g/mol. The number of primary amides is 1. The molecule has 3 unspecified atom stereocenters. The van der Waals surface area contributed by atoms with E-state index in [4.69, 9.17) is 11.5 Å². The van der Waals surface area contributed by atoms with Gasteiger partial charge in [0.05, 0.1) is 12.4 Å². The van der Waals surface area contributed by atoms with Crippen molar-refractivity contribution >= 4 is 36.3 Å². The molecule has 12 heteroatoms. The number of amides is 3. The predicted molar refractivity (Wildman–Crippen MR) is 94.0 cm³/mol. The lowest BCUT2D eigenvalue weighted by Gasteiger charge is -2.22. The zero-order valence-corrected chi connectivity index (χ0v) is 14.7. The van der Waals surface area contributed by atoms with Crippen LogP contribution in [-0.4, -0.2) is 62.6 Å². The Hall–Kier alpha value is -2.60. The molecule has 144 valence electrons. The van der Waals surface area contributed by atoms with Crippen LogP contribution >= 0.6 is 12.6 Å². The van der Waals surface area contributed by atoms with E-state index in [-0.39, 0.29) is 25.0 Å². The van der Waals surface area contributed by atoms with E-state index in [1.165, 1.54) is 12.5 Å². The lowest BCUT2D eigenvalue weighted by atomic mass is 10.1. The molecule has 0 saturated carbocycles. The number of hydrogen-bond donors (Lipinski definition) is 7. The Morgan fingerprint density at radius 2 is 1.88 bits per heavy atom. The molecule has 0 radical (unpaired) electrons. The maximum absolute atomic E-state index is 12.5. The number of nitrogens with two attached hydrogens (primary N) is 2. The summed E-state index contributed by atoms with van der Waals surface area (Å²) in [4.78, 5) is 53.2. The highest BCUT2D eigenvalue weighted by Crippen LogP contribution is 2.03. The molecule has 0 aliphatic carbocycles. The summed E-state index contributed by atoms with van der Waals surface area (Å²) in [5.41, 5.74) is 11.1. The fraction of sp³-hybridized carbons (Fsp3) is 0.500. The van der Waals surface area contributed by atoms with Crippen molar-refractivity contribution in [3.05, 3.63) is 18.2 Å². The molecule has 11 nitrogen and oxygen atoms in total. The fourth-order valence-corrected chi connectivity index (χ4v) is 2.17. The normalized spacial score (nSPS) is 14.1. The first-order chi connectivity index (χ1) is 12.2. The summed E-state index contributed by atoms with van der Waals surface area (Å²) in [5.74, 6) is -3.29. The molecule has 26 heavy (non-hydrogen) atoms. The van der Waals surface area contributed by atoms with Crippen molar-refractivity contribution in [2.75, 3.05) is 5.75 Å². The smallest absolute Gasteiger partial charge is 0.326 e. The number of imidazole rings is 1. The summed E-state index contributed by atoms with van der Waals surface area (Å²) in [6, 6.07) is -3.35. The maximum atomic E-state index is 12.5. The molecule has 0 saturated heterocycles. The number of carbonyl (C=O) groups is 4. The van der Waals surface area contributed by atoms with Crippen molar-refractivity contribution in [1.82, 2.24) is 20.6 Å². The van der Waals surface area contributed by atoms with Gasteiger partial charge in [0.25, 0.3) is 0 Å². The van der Waals surface area contributed by atoms with Gasteiger partial charge in [0.2, 0.25) is 17.7 Å². The summed E-state index contributed by atoms with van der Waals surface area (Å²) in [6.45, 7) is 0. The number of H-pyrrole nitrogens is 1. The number of carbonyl (C=O) groups excluding carboxylic acids is 3. The van der Waals surface area contributed by atoms with E-state index in [2.05, 4.69) is 33.2 Å². The van der Waals surface area contributed by atoms with E-state index >= 15 is 0 Å². The molecule has 1 rings (SSSR count). The minimum Gasteiger partial charge on any atom is -0.480 e. The highest BCUT2D eigenvalue weighted by atomic mass is 32.1. The first kappa shape index (κ1) is 21.4. The number of nitrogens with zero attached hydrogens (tertiary/aromatic N) is 1. The molecule has 8 N–H and O–H groups in total. The largest absolute Gasteiger partial charge is 0.480 e. The molecular formula is C14H22N6O5S. The molecule has 0 aliphatic heterocycles. The van der Waals surface area contributed by atoms with Gasteiger partial charge in [-0.05, 0) is 6.42 Å². The van der Waals surface area contributed by atoms with Crippen molar-refractivity contribution in [3.8, 4) is 0 Å². The number of rotatable bonds is 11. The van der Waals surface area contributed by atoms with Gasteiger partial charge >= 0.3 is 5.97 Å². The number of aromatic nitrogens is 2. The average Bonchev–Trinajstić information content (AvgIpc) is 3.09. The van der Waals surface area contributed by atoms with Crippen LogP contribution in [0, 0.1) is 0 Å². The van der Waals surface area contributed by atoms with Crippen LogP contribution in [-0.2, 0) is 25.6 Å². The van der Waals surface area contributed by atoms with Gasteiger partial charge in [0.1, 0.15) is 12.1 Å². The molecule has 1 aromatic heterocycles. The minimum absolute atomic E-state index is 0.0407. The highest BCUT2D eigenvalue weighted by Gasteiger charge is 2.28. The highest BCUT2D eigenvalue weighted by molar-refractivity contribution is 7.80. The van der Waals surface area contributed by atoms with Crippen molar-refractivity contribution in [3.63, 3.8) is 0 Å². The topological polar surface area (TPSA) is 193 Å². The third-order valence-electron chi connectivity index (χ3n) is 3.44. The Bertz CT molecular complexity index is 638. The maximum Gasteiger partial charge on any atom is 0.326 e. The van der Waals surface area contributed by atoms with Gasteiger partial charge in [-0.15, -0.1) is 0 Å². The van der Waals surface area contributed by atoms with Crippen LogP contribution in [0.25, 0.3) is 0 Å².